The zero-order chi connectivity index (χ0) is 14.5. The first-order chi connectivity index (χ1) is 8.91. The van der Waals surface area contributed by atoms with Crippen LogP contribution < -0.4 is 11.1 Å². The van der Waals surface area contributed by atoms with Gasteiger partial charge in [-0.1, -0.05) is 26.0 Å². The first-order valence-corrected chi connectivity index (χ1v) is 6.60. The minimum Gasteiger partial charge on any atom is -0.350 e. The van der Waals surface area contributed by atoms with Gasteiger partial charge in [-0.3, -0.25) is 9.59 Å². The fourth-order valence-corrected chi connectivity index (χ4v) is 1.71. The molecule has 0 unspecified atom stereocenters. The zero-order valence-corrected chi connectivity index (χ0v) is 11.8. The Balaban J connectivity index is 2.66. The summed E-state index contributed by atoms with van der Waals surface area (Å²) in [7, 11) is 0. The van der Waals surface area contributed by atoms with E-state index in [1.165, 1.54) is 6.92 Å². The molecule has 1 amide bonds. The minimum atomic E-state index is -0.352. The smallest absolute Gasteiger partial charge is 0.251 e. The van der Waals surface area contributed by atoms with Crippen molar-refractivity contribution in [1.82, 2.24) is 5.32 Å². The average Bonchev–Trinajstić information content (AvgIpc) is 2.44. The molecule has 0 fully saturated rings. The van der Waals surface area contributed by atoms with Crippen molar-refractivity contribution in [3.8, 4) is 0 Å². The van der Waals surface area contributed by atoms with E-state index in [0.717, 1.165) is 12.8 Å². The number of amides is 1. The van der Waals surface area contributed by atoms with Gasteiger partial charge >= 0.3 is 0 Å². The maximum absolute atomic E-state index is 12.0. The minimum absolute atomic E-state index is 0.00935. The number of carbonyl (C=O) groups excluding carboxylic acids is 2. The molecule has 0 saturated heterocycles. The molecular weight excluding hydrogens is 240 g/mol. The molecule has 0 aliphatic carbocycles. The van der Waals surface area contributed by atoms with Crippen LogP contribution >= 0.6 is 0 Å². The molecule has 0 spiro atoms. The Labute approximate surface area is 114 Å². The van der Waals surface area contributed by atoms with E-state index in [1.54, 1.807) is 24.3 Å². The Morgan fingerprint density at radius 3 is 2.00 bits per heavy atom. The van der Waals surface area contributed by atoms with Crippen molar-refractivity contribution in [3.05, 3.63) is 35.4 Å². The van der Waals surface area contributed by atoms with Gasteiger partial charge in [0.2, 0.25) is 0 Å². The molecule has 1 rings (SSSR count). The molecule has 4 nitrogen and oxygen atoms in total. The van der Waals surface area contributed by atoms with Crippen molar-refractivity contribution in [3.63, 3.8) is 0 Å². The van der Waals surface area contributed by atoms with Crippen LogP contribution in [0.15, 0.2) is 24.3 Å². The standard InChI is InChI=1S/C15H22N2O2/c1-4-15(16,5-2)10-17-14(19)13-8-6-12(7-9-13)11(3)18/h6-9H,4-5,10,16H2,1-3H3,(H,17,19). The second-order valence-corrected chi connectivity index (χ2v) is 4.89. The van der Waals surface area contributed by atoms with E-state index in [9.17, 15) is 9.59 Å². The van der Waals surface area contributed by atoms with E-state index in [-0.39, 0.29) is 17.2 Å². The zero-order valence-electron chi connectivity index (χ0n) is 11.8. The summed E-state index contributed by atoms with van der Waals surface area (Å²) in [6.45, 7) is 5.97. The number of carbonyl (C=O) groups is 2. The maximum atomic E-state index is 12.0. The quantitative estimate of drug-likeness (QED) is 0.771. The van der Waals surface area contributed by atoms with Crippen molar-refractivity contribution in [2.45, 2.75) is 39.2 Å². The molecule has 4 heteroatoms. The molecule has 0 bridgehead atoms. The lowest BCUT2D eigenvalue weighted by Gasteiger charge is -2.26. The van der Waals surface area contributed by atoms with Crippen LogP contribution in [-0.2, 0) is 0 Å². The highest BCUT2D eigenvalue weighted by molar-refractivity contribution is 5.97. The molecule has 0 atom stereocenters. The Morgan fingerprint density at radius 1 is 1.11 bits per heavy atom. The maximum Gasteiger partial charge on any atom is 0.251 e. The van der Waals surface area contributed by atoms with Crippen LogP contribution in [0.2, 0.25) is 0 Å². The molecule has 0 heterocycles. The molecule has 3 N–H and O–H groups in total. The van der Waals surface area contributed by atoms with Gasteiger partial charge < -0.3 is 11.1 Å². The summed E-state index contributed by atoms with van der Waals surface area (Å²) in [5, 5.41) is 2.84. The van der Waals surface area contributed by atoms with Gasteiger partial charge in [0.25, 0.3) is 5.91 Å². The molecule has 19 heavy (non-hydrogen) atoms. The fraction of sp³-hybridized carbons (Fsp3) is 0.467. The lowest BCUT2D eigenvalue weighted by Crippen LogP contribution is -2.49. The molecule has 0 saturated carbocycles. The van der Waals surface area contributed by atoms with E-state index >= 15 is 0 Å². The normalized spacial score (nSPS) is 11.2. The van der Waals surface area contributed by atoms with Crippen molar-refractivity contribution in [2.24, 2.45) is 5.73 Å². The van der Waals surface area contributed by atoms with Crippen LogP contribution in [0.3, 0.4) is 0 Å². The fourth-order valence-electron chi connectivity index (χ4n) is 1.71. The second kappa shape index (κ2) is 6.48. The molecule has 1 aromatic carbocycles. The Morgan fingerprint density at radius 2 is 1.58 bits per heavy atom. The molecule has 1 aromatic rings. The summed E-state index contributed by atoms with van der Waals surface area (Å²) in [5.41, 5.74) is 6.92. The number of hydrogen-bond acceptors (Lipinski definition) is 3. The number of ketones is 1. The van der Waals surface area contributed by atoms with Crippen LogP contribution in [0, 0.1) is 0 Å². The van der Waals surface area contributed by atoms with E-state index in [1.807, 2.05) is 13.8 Å². The summed E-state index contributed by atoms with van der Waals surface area (Å²) >= 11 is 0. The van der Waals surface area contributed by atoms with E-state index in [4.69, 9.17) is 5.73 Å². The van der Waals surface area contributed by atoms with Crippen LogP contribution in [0.25, 0.3) is 0 Å². The summed E-state index contributed by atoms with van der Waals surface area (Å²) < 4.78 is 0. The Kier molecular flexibility index (Phi) is 5.24. The predicted molar refractivity (Wildman–Crippen MR) is 76.3 cm³/mol. The predicted octanol–water partition coefficient (Wildman–Crippen LogP) is 2.14. The number of nitrogens with two attached hydrogens (primary N) is 1. The highest BCUT2D eigenvalue weighted by atomic mass is 16.1. The summed E-state index contributed by atoms with van der Waals surface area (Å²) in [6.07, 6.45) is 1.63. The van der Waals surface area contributed by atoms with Crippen molar-refractivity contribution < 1.29 is 9.59 Å². The summed E-state index contributed by atoms with van der Waals surface area (Å²) in [6, 6.07) is 6.63. The lowest BCUT2D eigenvalue weighted by molar-refractivity contribution is 0.0940. The van der Waals surface area contributed by atoms with Crippen LogP contribution in [-0.4, -0.2) is 23.8 Å². The topological polar surface area (TPSA) is 72.2 Å². The number of Topliss-reactive ketones (excluding diaryl/α,β-unsaturated/α-hetero) is 1. The largest absolute Gasteiger partial charge is 0.350 e. The lowest BCUT2D eigenvalue weighted by atomic mass is 9.94. The highest BCUT2D eigenvalue weighted by Gasteiger charge is 2.21. The summed E-state index contributed by atoms with van der Waals surface area (Å²) in [5.74, 6) is -0.170. The second-order valence-electron chi connectivity index (χ2n) is 4.89. The summed E-state index contributed by atoms with van der Waals surface area (Å²) in [4.78, 5) is 23.1. The molecule has 0 aromatic heterocycles. The van der Waals surface area contributed by atoms with Gasteiger partial charge in [-0.25, -0.2) is 0 Å². The van der Waals surface area contributed by atoms with Crippen molar-refractivity contribution >= 4 is 11.7 Å². The number of hydrogen-bond donors (Lipinski definition) is 2. The van der Waals surface area contributed by atoms with Crippen LogP contribution in [0.1, 0.15) is 54.3 Å². The van der Waals surface area contributed by atoms with Gasteiger partial charge in [0.1, 0.15) is 0 Å². The highest BCUT2D eigenvalue weighted by Crippen LogP contribution is 2.10. The van der Waals surface area contributed by atoms with E-state index in [2.05, 4.69) is 5.32 Å². The molecular formula is C15H22N2O2. The molecule has 0 aliphatic heterocycles. The number of nitrogens with one attached hydrogen (secondary N) is 1. The van der Waals surface area contributed by atoms with Gasteiger partial charge in [-0.15, -0.1) is 0 Å². The van der Waals surface area contributed by atoms with Crippen LogP contribution in [0.5, 0.6) is 0 Å². The number of benzene rings is 1. The van der Waals surface area contributed by atoms with Gasteiger partial charge in [-0.05, 0) is 31.9 Å². The van der Waals surface area contributed by atoms with Gasteiger partial charge in [0.15, 0.2) is 5.78 Å². The first kappa shape index (κ1) is 15.4. The Hall–Kier alpha value is -1.68. The first-order valence-electron chi connectivity index (χ1n) is 6.60. The van der Waals surface area contributed by atoms with Crippen LogP contribution in [0.4, 0.5) is 0 Å². The van der Waals surface area contributed by atoms with Gasteiger partial charge in [0, 0.05) is 23.2 Å². The third kappa shape index (κ3) is 4.17. The third-order valence-corrected chi connectivity index (χ3v) is 3.56. The molecule has 0 radical (unpaired) electrons. The molecule has 104 valence electrons. The van der Waals surface area contributed by atoms with E-state index in [0.29, 0.717) is 17.7 Å². The third-order valence-electron chi connectivity index (χ3n) is 3.56. The average molecular weight is 262 g/mol. The SMILES string of the molecule is CCC(N)(CC)CNC(=O)c1ccc(C(C)=O)cc1. The van der Waals surface area contributed by atoms with Gasteiger partial charge in [0.05, 0.1) is 0 Å². The molecule has 0 aliphatic rings. The van der Waals surface area contributed by atoms with Crippen molar-refractivity contribution in [2.75, 3.05) is 6.54 Å². The number of rotatable bonds is 6. The Bertz CT molecular complexity index is 448. The van der Waals surface area contributed by atoms with E-state index < -0.39 is 0 Å². The van der Waals surface area contributed by atoms with Crippen molar-refractivity contribution in [1.29, 1.82) is 0 Å². The monoisotopic (exact) mass is 262 g/mol. The van der Waals surface area contributed by atoms with Gasteiger partial charge in [-0.2, -0.15) is 0 Å².